The van der Waals surface area contributed by atoms with Crippen LogP contribution in [0.1, 0.15) is 30.2 Å². The summed E-state index contributed by atoms with van der Waals surface area (Å²) >= 11 is 0. The molecule has 0 aromatic carbocycles. The zero-order valence-corrected chi connectivity index (χ0v) is 10.0. The number of rotatable bonds is 5. The molecule has 1 fully saturated rings. The molecule has 0 radical (unpaired) electrons. The minimum atomic E-state index is 0.722. The first kappa shape index (κ1) is 10.6. The second-order valence-corrected chi connectivity index (χ2v) is 4.63. The Morgan fingerprint density at radius 1 is 1.41 bits per heavy atom. The summed E-state index contributed by atoms with van der Waals surface area (Å²) < 4.78 is 7.86. The van der Waals surface area contributed by atoms with Crippen molar-refractivity contribution >= 4 is 0 Å². The Hall–Kier alpha value is -1.55. The molecule has 90 valence electrons. The first-order chi connectivity index (χ1) is 8.31. The number of furan rings is 1. The van der Waals surface area contributed by atoms with Crippen LogP contribution in [0.5, 0.6) is 0 Å². The average molecular weight is 231 g/mol. The molecule has 2 aromatic rings. The highest BCUT2D eigenvalue weighted by Gasteiger charge is 2.20. The second kappa shape index (κ2) is 4.37. The molecule has 1 N–H and O–H groups in total. The molecule has 0 bridgehead atoms. The van der Waals surface area contributed by atoms with E-state index in [4.69, 9.17) is 4.42 Å². The van der Waals surface area contributed by atoms with Gasteiger partial charge >= 0.3 is 0 Å². The number of imidazole rings is 1. The molecule has 0 spiro atoms. The van der Waals surface area contributed by atoms with Crippen LogP contribution < -0.4 is 5.32 Å². The predicted molar refractivity (Wildman–Crippen MR) is 64.6 cm³/mol. The molecular weight excluding hydrogens is 214 g/mol. The number of aryl methyl sites for hydroxylation is 1. The van der Waals surface area contributed by atoms with E-state index >= 15 is 0 Å². The van der Waals surface area contributed by atoms with E-state index in [1.165, 1.54) is 12.8 Å². The molecule has 2 aromatic heterocycles. The van der Waals surface area contributed by atoms with Gasteiger partial charge in [0.25, 0.3) is 0 Å². The molecule has 1 aliphatic carbocycles. The van der Waals surface area contributed by atoms with E-state index in [0.717, 1.165) is 36.5 Å². The molecule has 0 unspecified atom stereocenters. The first-order valence-corrected chi connectivity index (χ1v) is 6.10. The predicted octanol–water partition coefficient (Wildman–Crippen LogP) is 2.08. The van der Waals surface area contributed by atoms with Crippen molar-refractivity contribution in [3.63, 3.8) is 0 Å². The summed E-state index contributed by atoms with van der Waals surface area (Å²) in [6, 6.07) is 4.82. The normalized spacial score (nSPS) is 15.4. The summed E-state index contributed by atoms with van der Waals surface area (Å²) in [4.78, 5) is 4.20. The maximum absolute atomic E-state index is 5.78. The molecule has 2 heterocycles. The van der Waals surface area contributed by atoms with Gasteiger partial charge in [0.05, 0.1) is 13.1 Å². The molecule has 0 atom stereocenters. The minimum absolute atomic E-state index is 0.722. The van der Waals surface area contributed by atoms with Crippen LogP contribution in [-0.2, 0) is 13.1 Å². The lowest BCUT2D eigenvalue weighted by Crippen LogP contribution is -2.14. The molecule has 3 rings (SSSR count). The summed E-state index contributed by atoms with van der Waals surface area (Å²) in [6.07, 6.45) is 6.40. The monoisotopic (exact) mass is 231 g/mol. The van der Waals surface area contributed by atoms with E-state index in [1.807, 2.05) is 25.4 Å². The van der Waals surface area contributed by atoms with E-state index < -0.39 is 0 Å². The van der Waals surface area contributed by atoms with Crippen LogP contribution in [0, 0.1) is 6.92 Å². The lowest BCUT2D eigenvalue weighted by atomic mass is 10.4. The Bertz CT molecular complexity index is 496. The molecule has 0 amide bonds. The van der Waals surface area contributed by atoms with Gasteiger partial charge in [0, 0.05) is 18.4 Å². The van der Waals surface area contributed by atoms with Crippen LogP contribution >= 0.6 is 0 Å². The maximum atomic E-state index is 5.78. The van der Waals surface area contributed by atoms with E-state index in [1.54, 1.807) is 0 Å². The van der Waals surface area contributed by atoms with E-state index in [2.05, 4.69) is 20.9 Å². The molecule has 1 aliphatic rings. The van der Waals surface area contributed by atoms with Crippen LogP contribution in [-0.4, -0.2) is 15.6 Å². The van der Waals surface area contributed by atoms with Gasteiger partial charge in [0.1, 0.15) is 17.3 Å². The minimum Gasteiger partial charge on any atom is -0.463 e. The smallest absolute Gasteiger partial charge is 0.123 e. The van der Waals surface area contributed by atoms with Crippen molar-refractivity contribution in [3.05, 3.63) is 41.9 Å². The van der Waals surface area contributed by atoms with Crippen LogP contribution in [0.15, 0.2) is 28.9 Å². The van der Waals surface area contributed by atoms with Crippen LogP contribution in [0.4, 0.5) is 0 Å². The van der Waals surface area contributed by atoms with Gasteiger partial charge in [-0.1, -0.05) is 0 Å². The van der Waals surface area contributed by atoms with Gasteiger partial charge in [-0.2, -0.15) is 0 Å². The van der Waals surface area contributed by atoms with Gasteiger partial charge in [0.15, 0.2) is 0 Å². The quantitative estimate of drug-likeness (QED) is 0.856. The third kappa shape index (κ3) is 2.58. The number of hydrogen-bond donors (Lipinski definition) is 1. The second-order valence-electron chi connectivity index (χ2n) is 4.63. The van der Waals surface area contributed by atoms with Crippen LogP contribution in [0.25, 0.3) is 0 Å². The Morgan fingerprint density at radius 3 is 2.94 bits per heavy atom. The zero-order chi connectivity index (χ0) is 11.7. The van der Waals surface area contributed by atoms with E-state index in [9.17, 15) is 0 Å². The van der Waals surface area contributed by atoms with Crippen molar-refractivity contribution in [2.24, 2.45) is 0 Å². The van der Waals surface area contributed by atoms with Gasteiger partial charge in [-0.15, -0.1) is 0 Å². The zero-order valence-electron chi connectivity index (χ0n) is 10.0. The topological polar surface area (TPSA) is 43.0 Å². The van der Waals surface area contributed by atoms with Crippen molar-refractivity contribution in [1.82, 2.24) is 14.9 Å². The molecule has 0 saturated heterocycles. The molecule has 1 saturated carbocycles. The maximum Gasteiger partial charge on any atom is 0.123 e. The lowest BCUT2D eigenvalue weighted by molar-refractivity contribution is 0.435. The fourth-order valence-electron chi connectivity index (χ4n) is 1.87. The summed E-state index contributed by atoms with van der Waals surface area (Å²) in [5.74, 6) is 3.02. The molecule has 0 aliphatic heterocycles. The highest BCUT2D eigenvalue weighted by Crippen LogP contribution is 2.19. The number of hydrogen-bond acceptors (Lipinski definition) is 3. The third-order valence-electron chi connectivity index (χ3n) is 3.11. The summed E-state index contributed by atoms with van der Waals surface area (Å²) in [6.45, 7) is 3.60. The Balaban J connectivity index is 1.61. The van der Waals surface area contributed by atoms with E-state index in [0.29, 0.717) is 0 Å². The van der Waals surface area contributed by atoms with Crippen LogP contribution in [0.2, 0.25) is 0 Å². The van der Waals surface area contributed by atoms with Gasteiger partial charge in [-0.25, -0.2) is 4.98 Å². The van der Waals surface area contributed by atoms with Gasteiger partial charge in [-0.3, -0.25) is 0 Å². The fourth-order valence-corrected chi connectivity index (χ4v) is 1.87. The van der Waals surface area contributed by atoms with Crippen LogP contribution in [0.3, 0.4) is 0 Å². The highest BCUT2D eigenvalue weighted by atomic mass is 16.3. The average Bonchev–Trinajstić information content (AvgIpc) is 2.92. The molecule has 4 nitrogen and oxygen atoms in total. The number of aromatic nitrogens is 2. The largest absolute Gasteiger partial charge is 0.463 e. The Labute approximate surface area is 101 Å². The number of nitrogens with one attached hydrogen (secondary N) is 1. The van der Waals surface area contributed by atoms with Gasteiger partial charge < -0.3 is 14.3 Å². The summed E-state index contributed by atoms with van der Waals surface area (Å²) in [5, 5.41) is 3.44. The number of nitrogens with zero attached hydrogens (tertiary/aromatic N) is 2. The Morgan fingerprint density at radius 2 is 2.24 bits per heavy atom. The van der Waals surface area contributed by atoms with Gasteiger partial charge in [-0.05, 0) is 31.9 Å². The summed E-state index contributed by atoms with van der Waals surface area (Å²) in [7, 11) is 0. The standard InChI is InChI=1S/C13H17N3O/c1-10-14-6-7-16(10)9-13-5-4-12(17-13)8-15-11-2-3-11/h4-7,11,15H,2-3,8-9H2,1H3. The van der Waals surface area contributed by atoms with Crippen molar-refractivity contribution in [1.29, 1.82) is 0 Å². The Kier molecular flexibility index (Phi) is 2.73. The SMILES string of the molecule is Cc1nccn1Cc1ccc(CNC2CC2)o1. The van der Waals surface area contributed by atoms with Crippen molar-refractivity contribution in [2.75, 3.05) is 0 Å². The molecular formula is C13H17N3O. The van der Waals surface area contributed by atoms with Crippen molar-refractivity contribution < 1.29 is 4.42 Å². The molecule has 4 heteroatoms. The summed E-state index contributed by atoms with van der Waals surface area (Å²) in [5.41, 5.74) is 0. The molecule has 17 heavy (non-hydrogen) atoms. The fraction of sp³-hybridized carbons (Fsp3) is 0.462. The third-order valence-corrected chi connectivity index (χ3v) is 3.11. The lowest BCUT2D eigenvalue weighted by Gasteiger charge is -2.02. The van der Waals surface area contributed by atoms with Gasteiger partial charge in [0.2, 0.25) is 0 Å². The van der Waals surface area contributed by atoms with Crippen molar-refractivity contribution in [2.45, 2.75) is 38.9 Å². The van der Waals surface area contributed by atoms with Crippen molar-refractivity contribution in [3.8, 4) is 0 Å². The first-order valence-electron chi connectivity index (χ1n) is 6.10. The van der Waals surface area contributed by atoms with E-state index in [-0.39, 0.29) is 0 Å². The highest BCUT2D eigenvalue weighted by molar-refractivity contribution is 5.09.